The van der Waals surface area contributed by atoms with Gasteiger partial charge in [0.25, 0.3) is 0 Å². The topological polar surface area (TPSA) is 57.7 Å². The number of halogens is 3. The number of pyridine rings is 1. The van der Waals surface area contributed by atoms with Crippen LogP contribution in [-0.4, -0.2) is 17.6 Å². The van der Waals surface area contributed by atoms with Crippen molar-refractivity contribution in [2.24, 2.45) is 5.92 Å². The minimum atomic E-state index is -0.869. The Morgan fingerprint density at radius 3 is 2.42 bits per heavy atom. The molecule has 0 radical (unpaired) electrons. The predicted octanol–water partition coefficient (Wildman–Crippen LogP) is 6.88. The van der Waals surface area contributed by atoms with Gasteiger partial charge in [0.15, 0.2) is 0 Å². The minimum absolute atomic E-state index is 0.000215. The summed E-state index contributed by atoms with van der Waals surface area (Å²) in [6.07, 6.45) is 1.38. The molecule has 0 N–H and O–H groups in total. The number of nitrogens with zero attached hydrogens (tertiary/aromatic N) is 1. The van der Waals surface area contributed by atoms with Gasteiger partial charge >= 0.3 is 5.97 Å². The number of esters is 1. The Morgan fingerprint density at radius 2 is 1.77 bits per heavy atom. The first kappa shape index (κ1) is 22.8. The normalized spacial score (nSPS) is 10.8. The van der Waals surface area contributed by atoms with Gasteiger partial charge in [0, 0.05) is 12.1 Å². The van der Waals surface area contributed by atoms with E-state index >= 15 is 0 Å². The molecule has 0 saturated heterocycles. The maximum absolute atomic E-state index is 14.6. The number of hydrogen-bond donors (Lipinski definition) is 0. The molecule has 0 spiro atoms. The summed E-state index contributed by atoms with van der Waals surface area (Å²) in [5, 5.41) is 0.265. The van der Waals surface area contributed by atoms with Crippen LogP contribution in [0.4, 0.5) is 4.39 Å². The number of carbonyl (C=O) groups excluding carboxylic acids is 1. The second-order valence-corrected chi connectivity index (χ2v) is 8.04. The molecule has 5 nitrogen and oxygen atoms in total. The second kappa shape index (κ2) is 9.98. The van der Waals surface area contributed by atoms with E-state index in [2.05, 4.69) is 4.98 Å². The molecule has 31 heavy (non-hydrogen) atoms. The summed E-state index contributed by atoms with van der Waals surface area (Å²) in [7, 11) is 0. The molecule has 0 fully saturated rings. The molecule has 1 aromatic heterocycles. The summed E-state index contributed by atoms with van der Waals surface area (Å²) in [6, 6.07) is 10.4. The number of carbonyl (C=O) groups is 1. The van der Waals surface area contributed by atoms with Gasteiger partial charge in [-0.2, -0.15) is 0 Å². The minimum Gasteiger partial charge on any atom is -0.476 e. The third-order valence-electron chi connectivity index (χ3n) is 4.04. The van der Waals surface area contributed by atoms with Crippen LogP contribution in [0.15, 0.2) is 48.7 Å². The van der Waals surface area contributed by atoms with E-state index in [1.165, 1.54) is 12.3 Å². The van der Waals surface area contributed by atoms with Gasteiger partial charge in [-0.1, -0.05) is 54.7 Å². The van der Waals surface area contributed by atoms with E-state index in [1.54, 1.807) is 24.3 Å². The number of aryl methyl sites for hydroxylation is 1. The average molecular weight is 464 g/mol. The Bertz CT molecular complexity index is 1090. The zero-order valence-corrected chi connectivity index (χ0v) is 18.6. The number of rotatable bonds is 7. The van der Waals surface area contributed by atoms with Crippen LogP contribution in [0.1, 0.15) is 29.8 Å². The molecular weight excluding hydrogens is 444 g/mol. The van der Waals surface area contributed by atoms with E-state index in [9.17, 15) is 9.18 Å². The van der Waals surface area contributed by atoms with Crippen molar-refractivity contribution in [2.45, 2.75) is 20.8 Å². The van der Waals surface area contributed by atoms with Crippen molar-refractivity contribution >= 4 is 29.2 Å². The zero-order valence-electron chi connectivity index (χ0n) is 17.1. The molecule has 0 bridgehead atoms. The molecule has 3 aromatic rings. The molecule has 0 aliphatic heterocycles. The van der Waals surface area contributed by atoms with Gasteiger partial charge in [-0.15, -0.1) is 0 Å². The Labute approximate surface area is 189 Å². The summed E-state index contributed by atoms with van der Waals surface area (Å²) in [6.45, 7) is 6.37. The van der Waals surface area contributed by atoms with E-state index < -0.39 is 11.8 Å². The summed E-state index contributed by atoms with van der Waals surface area (Å²) in [4.78, 5) is 16.4. The first-order valence-electron chi connectivity index (χ1n) is 9.47. The van der Waals surface area contributed by atoms with Crippen LogP contribution in [0.3, 0.4) is 0 Å². The molecular formula is C23H20Cl2FNO4. The van der Waals surface area contributed by atoms with Crippen molar-refractivity contribution in [3.63, 3.8) is 0 Å². The molecule has 0 aliphatic carbocycles. The van der Waals surface area contributed by atoms with Gasteiger partial charge < -0.3 is 14.2 Å². The number of benzene rings is 2. The van der Waals surface area contributed by atoms with Gasteiger partial charge in [-0.3, -0.25) is 0 Å². The molecule has 3 rings (SSSR count). The fourth-order valence-corrected chi connectivity index (χ4v) is 2.89. The number of aromatic nitrogens is 1. The first-order chi connectivity index (χ1) is 14.7. The monoisotopic (exact) mass is 463 g/mol. The van der Waals surface area contributed by atoms with Crippen molar-refractivity contribution in [1.29, 1.82) is 0 Å². The lowest BCUT2D eigenvalue weighted by Gasteiger charge is -2.12. The second-order valence-electron chi connectivity index (χ2n) is 7.23. The molecule has 0 atom stereocenters. The zero-order chi connectivity index (χ0) is 22.5. The quantitative estimate of drug-likeness (QED) is 0.282. The van der Waals surface area contributed by atoms with Gasteiger partial charge in [-0.05, 0) is 31.0 Å². The van der Waals surface area contributed by atoms with Gasteiger partial charge in [0.2, 0.25) is 5.88 Å². The summed E-state index contributed by atoms with van der Waals surface area (Å²) < 4.78 is 30.9. The Morgan fingerprint density at radius 1 is 1.06 bits per heavy atom. The SMILES string of the molecule is Cc1ccc(OC(=O)c2cc(Cl)c(Oc3cnc(OCC(C)C)c(Cl)c3)cc2F)cc1. The fraction of sp³-hybridized carbons (Fsp3) is 0.217. The Hall–Kier alpha value is -2.83. The largest absolute Gasteiger partial charge is 0.476 e. The highest BCUT2D eigenvalue weighted by molar-refractivity contribution is 6.32. The van der Waals surface area contributed by atoms with E-state index in [-0.39, 0.29) is 33.0 Å². The molecule has 8 heteroatoms. The Balaban J connectivity index is 1.75. The lowest BCUT2D eigenvalue weighted by Crippen LogP contribution is -2.11. The van der Waals surface area contributed by atoms with Crippen molar-refractivity contribution in [3.05, 3.63) is 75.7 Å². The molecule has 0 amide bonds. The van der Waals surface area contributed by atoms with E-state index in [0.29, 0.717) is 18.3 Å². The van der Waals surface area contributed by atoms with E-state index in [4.69, 9.17) is 37.4 Å². The third kappa shape index (κ3) is 6.09. The highest BCUT2D eigenvalue weighted by Gasteiger charge is 2.19. The van der Waals surface area contributed by atoms with Crippen molar-refractivity contribution in [2.75, 3.05) is 6.61 Å². The number of ether oxygens (including phenoxy) is 3. The smallest absolute Gasteiger partial charge is 0.346 e. The number of hydrogen-bond acceptors (Lipinski definition) is 5. The Kier molecular flexibility index (Phi) is 7.36. The van der Waals surface area contributed by atoms with E-state index in [1.807, 2.05) is 20.8 Å². The average Bonchev–Trinajstić information content (AvgIpc) is 2.71. The van der Waals surface area contributed by atoms with Crippen molar-refractivity contribution in [1.82, 2.24) is 4.98 Å². The molecule has 0 saturated carbocycles. The van der Waals surface area contributed by atoms with Crippen LogP contribution in [0.2, 0.25) is 10.0 Å². The highest BCUT2D eigenvalue weighted by Crippen LogP contribution is 2.34. The van der Waals surface area contributed by atoms with Crippen LogP contribution < -0.4 is 14.2 Å². The molecule has 162 valence electrons. The lowest BCUT2D eigenvalue weighted by atomic mass is 10.2. The predicted molar refractivity (Wildman–Crippen MR) is 117 cm³/mol. The summed E-state index contributed by atoms with van der Waals surface area (Å²) >= 11 is 12.4. The van der Waals surface area contributed by atoms with Crippen LogP contribution >= 0.6 is 23.2 Å². The molecule has 1 heterocycles. The van der Waals surface area contributed by atoms with Gasteiger partial charge in [0.1, 0.15) is 28.1 Å². The van der Waals surface area contributed by atoms with E-state index in [0.717, 1.165) is 17.7 Å². The standard InChI is InChI=1S/C23H20Cl2FNO4/c1-13(2)12-29-22-19(25)8-16(11-27-22)30-21-10-20(26)17(9-18(21)24)23(28)31-15-6-4-14(3)5-7-15/h4-11,13H,12H2,1-3H3. The van der Waals surface area contributed by atoms with Crippen LogP contribution in [-0.2, 0) is 0 Å². The molecule has 2 aromatic carbocycles. The van der Waals surface area contributed by atoms with Crippen LogP contribution in [0, 0.1) is 18.7 Å². The third-order valence-corrected chi connectivity index (χ3v) is 4.60. The summed E-state index contributed by atoms with van der Waals surface area (Å²) in [5.74, 6) is -0.593. The van der Waals surface area contributed by atoms with Crippen molar-refractivity contribution < 1.29 is 23.4 Å². The van der Waals surface area contributed by atoms with Crippen LogP contribution in [0.5, 0.6) is 23.1 Å². The lowest BCUT2D eigenvalue weighted by molar-refractivity contribution is 0.0730. The van der Waals surface area contributed by atoms with Crippen molar-refractivity contribution in [3.8, 4) is 23.1 Å². The molecule has 0 aliphatic rings. The maximum atomic E-state index is 14.6. The van der Waals surface area contributed by atoms with Crippen LogP contribution in [0.25, 0.3) is 0 Å². The van der Waals surface area contributed by atoms with Gasteiger partial charge in [0.05, 0.1) is 23.4 Å². The molecule has 0 unspecified atom stereocenters. The van der Waals surface area contributed by atoms with Gasteiger partial charge in [-0.25, -0.2) is 14.2 Å². The highest BCUT2D eigenvalue weighted by atomic mass is 35.5. The summed E-state index contributed by atoms with van der Waals surface area (Å²) in [5.41, 5.74) is 0.691. The first-order valence-corrected chi connectivity index (χ1v) is 10.2. The fourth-order valence-electron chi connectivity index (χ4n) is 2.47. The maximum Gasteiger partial charge on any atom is 0.346 e.